The number of hydrogen-bond acceptors (Lipinski definition) is 4. The van der Waals surface area contributed by atoms with Crippen LogP contribution < -0.4 is 9.47 Å². The Morgan fingerprint density at radius 1 is 1.28 bits per heavy atom. The molecule has 0 aliphatic heterocycles. The highest BCUT2D eigenvalue weighted by Gasteiger charge is 2.47. The molecule has 0 saturated carbocycles. The van der Waals surface area contributed by atoms with E-state index < -0.39 is 18.0 Å². The number of carboxylic acid groups (broad SMARTS) is 1. The number of ether oxygens (including phenoxy) is 2. The minimum atomic E-state index is -4.28. The highest BCUT2D eigenvalue weighted by atomic mass is 19.3. The molecule has 1 aromatic rings. The second kappa shape index (κ2) is 5.18. The molecule has 0 aromatic heterocycles. The summed E-state index contributed by atoms with van der Waals surface area (Å²) in [7, 11) is 2.66. The van der Waals surface area contributed by atoms with E-state index >= 15 is 0 Å². The molecule has 7 heteroatoms. The maximum absolute atomic E-state index is 13.1. The van der Waals surface area contributed by atoms with Gasteiger partial charge in [-0.1, -0.05) is 6.07 Å². The zero-order valence-corrected chi connectivity index (χ0v) is 9.68. The lowest BCUT2D eigenvalue weighted by molar-refractivity contribution is -0.182. The highest BCUT2D eigenvalue weighted by Crippen LogP contribution is 2.36. The third-order valence-electron chi connectivity index (χ3n) is 2.35. The van der Waals surface area contributed by atoms with Crippen molar-refractivity contribution in [1.82, 2.24) is 0 Å². The average Bonchev–Trinajstić information content (AvgIpc) is 2.36. The lowest BCUT2D eigenvalue weighted by atomic mass is 10.0. The third kappa shape index (κ3) is 2.51. The number of aliphatic hydroxyl groups excluding tert-OH is 1. The molecular weight excluding hydrogens is 250 g/mol. The van der Waals surface area contributed by atoms with Crippen molar-refractivity contribution in [3.05, 3.63) is 23.8 Å². The molecule has 1 rings (SSSR count). The summed E-state index contributed by atoms with van der Waals surface area (Å²) in [5.74, 6) is -6.27. The van der Waals surface area contributed by atoms with Gasteiger partial charge in [-0.15, -0.1) is 0 Å². The molecule has 0 bridgehead atoms. The van der Waals surface area contributed by atoms with E-state index in [4.69, 9.17) is 14.6 Å². The monoisotopic (exact) mass is 262 g/mol. The number of aliphatic hydroxyl groups is 1. The summed E-state index contributed by atoms with van der Waals surface area (Å²) in [5, 5.41) is 17.7. The zero-order valence-electron chi connectivity index (χ0n) is 9.68. The number of rotatable bonds is 5. The Hall–Kier alpha value is -1.89. The normalized spacial score (nSPS) is 12.9. The second-order valence-electron chi connectivity index (χ2n) is 3.45. The minimum absolute atomic E-state index is 0.121. The molecule has 1 aromatic carbocycles. The number of carbonyl (C=O) groups is 1. The Kier molecular flexibility index (Phi) is 4.07. The first-order chi connectivity index (χ1) is 8.34. The van der Waals surface area contributed by atoms with Crippen LogP contribution in [0.1, 0.15) is 11.7 Å². The Labute approximate surface area is 102 Å². The number of alkyl halides is 2. The maximum Gasteiger partial charge on any atom is 0.377 e. The molecule has 0 amide bonds. The van der Waals surface area contributed by atoms with Crippen LogP contribution in [0.4, 0.5) is 8.78 Å². The van der Waals surface area contributed by atoms with Crippen LogP contribution in [0.5, 0.6) is 11.5 Å². The second-order valence-corrected chi connectivity index (χ2v) is 3.45. The van der Waals surface area contributed by atoms with E-state index in [1.54, 1.807) is 0 Å². The quantitative estimate of drug-likeness (QED) is 0.840. The Morgan fingerprint density at radius 3 is 2.28 bits per heavy atom. The third-order valence-corrected chi connectivity index (χ3v) is 2.35. The number of halogens is 2. The van der Waals surface area contributed by atoms with Gasteiger partial charge in [0.05, 0.1) is 14.2 Å². The van der Waals surface area contributed by atoms with Crippen molar-refractivity contribution in [1.29, 1.82) is 0 Å². The first-order valence-corrected chi connectivity index (χ1v) is 4.85. The van der Waals surface area contributed by atoms with E-state index in [9.17, 15) is 18.7 Å². The predicted molar refractivity (Wildman–Crippen MR) is 57.1 cm³/mol. The smallest absolute Gasteiger partial charge is 0.377 e. The molecule has 0 heterocycles. The number of benzene rings is 1. The van der Waals surface area contributed by atoms with Crippen LogP contribution in [0.2, 0.25) is 0 Å². The van der Waals surface area contributed by atoms with Crippen LogP contribution in [0.25, 0.3) is 0 Å². The molecule has 0 saturated heterocycles. The van der Waals surface area contributed by atoms with Gasteiger partial charge in [-0.2, -0.15) is 8.78 Å². The van der Waals surface area contributed by atoms with Gasteiger partial charge in [0, 0.05) is 0 Å². The van der Waals surface area contributed by atoms with Crippen molar-refractivity contribution in [2.24, 2.45) is 0 Å². The lowest BCUT2D eigenvalue weighted by Gasteiger charge is -2.19. The summed E-state index contributed by atoms with van der Waals surface area (Å²) in [4.78, 5) is 10.3. The van der Waals surface area contributed by atoms with Crippen molar-refractivity contribution < 1.29 is 33.3 Å². The molecule has 100 valence electrons. The van der Waals surface area contributed by atoms with E-state index in [2.05, 4.69) is 0 Å². The van der Waals surface area contributed by atoms with Gasteiger partial charge >= 0.3 is 11.9 Å². The lowest BCUT2D eigenvalue weighted by Crippen LogP contribution is -2.35. The number of methoxy groups -OCH3 is 2. The van der Waals surface area contributed by atoms with E-state index in [0.29, 0.717) is 0 Å². The SMILES string of the molecule is COc1ccc(C(O)C(F)(F)C(=O)O)cc1OC. The summed E-state index contributed by atoms with van der Waals surface area (Å²) in [5.41, 5.74) is -0.278. The first-order valence-electron chi connectivity index (χ1n) is 4.85. The largest absolute Gasteiger partial charge is 0.493 e. The summed E-state index contributed by atoms with van der Waals surface area (Å²) in [6.45, 7) is 0. The molecule has 0 aliphatic rings. The fourth-order valence-electron chi connectivity index (χ4n) is 1.35. The topological polar surface area (TPSA) is 76.0 Å². The van der Waals surface area contributed by atoms with Crippen LogP contribution in [0.3, 0.4) is 0 Å². The van der Waals surface area contributed by atoms with Crippen LogP contribution >= 0.6 is 0 Å². The molecule has 2 N–H and O–H groups in total. The average molecular weight is 262 g/mol. The summed E-state index contributed by atoms with van der Waals surface area (Å²) >= 11 is 0. The molecule has 0 aliphatic carbocycles. The maximum atomic E-state index is 13.1. The number of hydrogen-bond donors (Lipinski definition) is 2. The number of carboxylic acids is 1. The van der Waals surface area contributed by atoms with Gasteiger partial charge in [0.25, 0.3) is 0 Å². The van der Waals surface area contributed by atoms with Crippen LogP contribution in [-0.4, -0.2) is 36.3 Å². The van der Waals surface area contributed by atoms with E-state index in [-0.39, 0.29) is 17.1 Å². The van der Waals surface area contributed by atoms with Gasteiger partial charge in [0.2, 0.25) is 0 Å². The molecule has 1 atom stereocenters. The first kappa shape index (κ1) is 14.2. The van der Waals surface area contributed by atoms with Gasteiger partial charge in [-0.05, 0) is 17.7 Å². The zero-order chi connectivity index (χ0) is 13.9. The van der Waals surface area contributed by atoms with Crippen molar-refractivity contribution in [3.63, 3.8) is 0 Å². The fraction of sp³-hybridized carbons (Fsp3) is 0.364. The Bertz CT molecular complexity index is 447. The summed E-state index contributed by atoms with van der Waals surface area (Å²) < 4.78 is 36.0. The van der Waals surface area contributed by atoms with E-state index in [1.165, 1.54) is 20.3 Å². The van der Waals surface area contributed by atoms with Gasteiger partial charge in [-0.25, -0.2) is 4.79 Å². The van der Waals surface area contributed by atoms with Crippen molar-refractivity contribution in [2.75, 3.05) is 14.2 Å². The number of aliphatic carboxylic acids is 1. The van der Waals surface area contributed by atoms with Gasteiger partial charge in [0.15, 0.2) is 17.6 Å². The molecule has 18 heavy (non-hydrogen) atoms. The van der Waals surface area contributed by atoms with Crippen LogP contribution in [-0.2, 0) is 4.79 Å². The van der Waals surface area contributed by atoms with Crippen LogP contribution in [0, 0.1) is 0 Å². The van der Waals surface area contributed by atoms with Crippen molar-refractivity contribution in [2.45, 2.75) is 12.0 Å². The molecule has 5 nitrogen and oxygen atoms in total. The predicted octanol–water partition coefficient (Wildman–Crippen LogP) is 1.46. The Morgan fingerprint density at radius 2 is 1.83 bits per heavy atom. The molecule has 1 unspecified atom stereocenters. The van der Waals surface area contributed by atoms with Crippen LogP contribution in [0.15, 0.2) is 18.2 Å². The van der Waals surface area contributed by atoms with Gasteiger partial charge in [0.1, 0.15) is 0 Å². The molecule has 0 radical (unpaired) electrons. The molecule has 0 spiro atoms. The van der Waals surface area contributed by atoms with Crippen molar-refractivity contribution in [3.8, 4) is 11.5 Å². The Balaban J connectivity index is 3.15. The summed E-state index contributed by atoms with van der Waals surface area (Å²) in [6, 6.07) is 3.54. The fourth-order valence-corrected chi connectivity index (χ4v) is 1.35. The molecular formula is C11H12F2O5. The van der Waals surface area contributed by atoms with Gasteiger partial charge in [-0.3, -0.25) is 0 Å². The van der Waals surface area contributed by atoms with Crippen molar-refractivity contribution >= 4 is 5.97 Å². The minimum Gasteiger partial charge on any atom is -0.493 e. The standard InChI is InChI=1S/C11H12F2O5/c1-17-7-4-3-6(5-8(7)18-2)9(14)11(12,13)10(15)16/h3-5,9,14H,1-2H3,(H,15,16). The van der Waals surface area contributed by atoms with E-state index in [0.717, 1.165) is 12.1 Å². The van der Waals surface area contributed by atoms with Gasteiger partial charge < -0.3 is 19.7 Å². The summed E-state index contributed by atoms with van der Waals surface area (Å²) in [6.07, 6.45) is -2.46. The highest BCUT2D eigenvalue weighted by molar-refractivity contribution is 5.76. The van der Waals surface area contributed by atoms with E-state index in [1.807, 2.05) is 0 Å². The molecule has 0 fully saturated rings.